The Bertz CT molecular complexity index is 306. The molecule has 21 heavy (non-hydrogen) atoms. The van der Waals surface area contributed by atoms with Crippen LogP contribution in [0.5, 0.6) is 0 Å². The molecule has 0 aliphatic carbocycles. The minimum Gasteiger partial charge on any atom is -0.707 e. The SMILES string of the molecule is CS(=O)(=O)O[O-].C[N+](C)(CCOCCO)CCOCCO. The number of nitrogens with zero attached hydrogens (tertiary/aromatic N) is 1. The Morgan fingerprint density at radius 1 is 0.952 bits per heavy atom. The largest absolute Gasteiger partial charge is 0.707 e. The van der Waals surface area contributed by atoms with Gasteiger partial charge < -0.3 is 33.8 Å². The van der Waals surface area contributed by atoms with Gasteiger partial charge in [0.2, 0.25) is 0 Å². The summed E-state index contributed by atoms with van der Waals surface area (Å²) in [6.45, 7) is 4.04. The zero-order chi connectivity index (χ0) is 16.8. The van der Waals surface area contributed by atoms with E-state index in [0.29, 0.717) is 32.7 Å². The number of likely N-dealkylation sites (N-methyl/N-ethyl adjacent to an activating group) is 1. The monoisotopic (exact) mass is 333 g/mol. The minimum absolute atomic E-state index is 0.0764. The molecule has 130 valence electrons. The summed E-state index contributed by atoms with van der Waals surface area (Å²) < 4.78 is 32.8. The van der Waals surface area contributed by atoms with Crippen LogP contribution >= 0.6 is 0 Å². The van der Waals surface area contributed by atoms with Crippen molar-refractivity contribution in [1.29, 1.82) is 0 Å². The average Bonchev–Trinajstić information content (AvgIpc) is 2.40. The molecular weight excluding hydrogens is 306 g/mol. The molecule has 9 nitrogen and oxygen atoms in total. The first-order valence-corrected chi connectivity index (χ1v) is 8.21. The van der Waals surface area contributed by atoms with Crippen molar-refractivity contribution in [2.24, 2.45) is 0 Å². The van der Waals surface area contributed by atoms with E-state index in [1.54, 1.807) is 0 Å². The number of aliphatic hydroxyl groups excluding tert-OH is 2. The van der Waals surface area contributed by atoms with Crippen molar-refractivity contribution in [1.82, 2.24) is 0 Å². The molecule has 0 spiro atoms. The average molecular weight is 333 g/mol. The molecule has 0 aliphatic heterocycles. The summed E-state index contributed by atoms with van der Waals surface area (Å²) >= 11 is 0. The second kappa shape index (κ2) is 13.3. The van der Waals surface area contributed by atoms with Gasteiger partial charge in [-0.2, -0.15) is 0 Å². The van der Waals surface area contributed by atoms with Gasteiger partial charge in [-0.05, 0) is 0 Å². The number of aliphatic hydroxyl groups is 2. The Kier molecular flexibility index (Phi) is 14.6. The summed E-state index contributed by atoms with van der Waals surface area (Å²) in [5.74, 6) is 0. The van der Waals surface area contributed by atoms with Crippen molar-refractivity contribution < 1.29 is 42.2 Å². The Hall–Kier alpha value is -0.330. The highest BCUT2D eigenvalue weighted by molar-refractivity contribution is 7.85. The summed E-state index contributed by atoms with van der Waals surface area (Å²) in [5, 5.41) is 25.9. The third kappa shape index (κ3) is 22.1. The van der Waals surface area contributed by atoms with E-state index in [-0.39, 0.29) is 13.2 Å². The maximum atomic E-state index is 9.47. The number of hydrogen-bond acceptors (Lipinski definition) is 8. The lowest BCUT2D eigenvalue weighted by atomic mass is 10.4. The van der Waals surface area contributed by atoms with E-state index in [4.69, 9.17) is 24.9 Å². The number of quaternary nitrogens is 1. The topological polar surface area (TPSA) is 125 Å². The van der Waals surface area contributed by atoms with Crippen molar-refractivity contribution in [3.8, 4) is 0 Å². The van der Waals surface area contributed by atoms with Crippen LogP contribution in [0.1, 0.15) is 0 Å². The Labute approximate surface area is 126 Å². The van der Waals surface area contributed by atoms with Gasteiger partial charge in [0, 0.05) is 0 Å². The van der Waals surface area contributed by atoms with Crippen LogP contribution < -0.4 is 5.26 Å². The van der Waals surface area contributed by atoms with Crippen molar-refractivity contribution in [2.45, 2.75) is 0 Å². The molecule has 0 heterocycles. The van der Waals surface area contributed by atoms with E-state index < -0.39 is 10.1 Å². The molecule has 0 saturated carbocycles. The quantitative estimate of drug-likeness (QED) is 0.181. The number of rotatable bonds is 11. The van der Waals surface area contributed by atoms with Crippen molar-refractivity contribution in [3.63, 3.8) is 0 Å². The first-order valence-electron chi connectivity index (χ1n) is 6.39. The predicted octanol–water partition coefficient (Wildman–Crippen LogP) is -2.68. The molecule has 2 N–H and O–H groups in total. The molecule has 0 bridgehead atoms. The van der Waals surface area contributed by atoms with Crippen molar-refractivity contribution in [3.05, 3.63) is 0 Å². The molecule has 0 aromatic rings. The summed E-state index contributed by atoms with van der Waals surface area (Å²) in [5.41, 5.74) is 0. The molecule has 0 unspecified atom stereocenters. The van der Waals surface area contributed by atoms with Crippen LogP contribution in [0.2, 0.25) is 0 Å². The Balaban J connectivity index is 0. The van der Waals surface area contributed by atoms with E-state index in [0.717, 1.165) is 17.6 Å². The molecule has 0 aromatic carbocycles. The minimum atomic E-state index is -3.72. The normalized spacial score (nSPS) is 11.9. The third-order valence-corrected chi connectivity index (χ3v) is 2.52. The van der Waals surface area contributed by atoms with Gasteiger partial charge in [0.1, 0.15) is 13.1 Å². The van der Waals surface area contributed by atoms with Crippen LogP contribution in [0, 0.1) is 0 Å². The van der Waals surface area contributed by atoms with Crippen molar-refractivity contribution >= 4 is 10.1 Å². The number of hydrogen-bond donors (Lipinski definition) is 2. The van der Waals surface area contributed by atoms with E-state index in [2.05, 4.69) is 18.4 Å². The number of ether oxygens (including phenoxy) is 2. The van der Waals surface area contributed by atoms with Gasteiger partial charge in [0.15, 0.2) is 0 Å². The van der Waals surface area contributed by atoms with Crippen LogP contribution in [0.4, 0.5) is 0 Å². The van der Waals surface area contributed by atoms with E-state index in [9.17, 15) is 8.42 Å². The van der Waals surface area contributed by atoms with Gasteiger partial charge in [-0.1, -0.05) is 0 Å². The zero-order valence-electron chi connectivity index (χ0n) is 12.9. The molecule has 0 saturated heterocycles. The van der Waals surface area contributed by atoms with Crippen LogP contribution in [0.3, 0.4) is 0 Å². The molecule has 0 radical (unpaired) electrons. The second-order valence-corrected chi connectivity index (χ2v) is 6.37. The first-order chi connectivity index (χ1) is 9.68. The summed E-state index contributed by atoms with van der Waals surface area (Å²) in [4.78, 5) is 0. The van der Waals surface area contributed by atoms with Gasteiger partial charge in [0.25, 0.3) is 10.1 Å². The molecule has 0 atom stereocenters. The fourth-order valence-electron chi connectivity index (χ4n) is 1.07. The van der Waals surface area contributed by atoms with Crippen LogP contribution in [-0.2, 0) is 23.9 Å². The van der Waals surface area contributed by atoms with Crippen LogP contribution in [0.25, 0.3) is 0 Å². The van der Waals surface area contributed by atoms with Gasteiger partial charge in [-0.25, -0.2) is 8.42 Å². The smallest absolute Gasteiger partial charge is 0.255 e. The van der Waals surface area contributed by atoms with Gasteiger partial charge >= 0.3 is 0 Å². The van der Waals surface area contributed by atoms with Crippen LogP contribution in [-0.4, -0.2) is 96.2 Å². The lowest BCUT2D eigenvalue weighted by Gasteiger charge is -2.29. The lowest BCUT2D eigenvalue weighted by Crippen LogP contribution is -2.44. The van der Waals surface area contributed by atoms with Gasteiger partial charge in [-0.15, -0.1) is 0 Å². The Morgan fingerprint density at radius 3 is 1.52 bits per heavy atom. The first kappa shape index (κ1) is 22.9. The molecular formula is C11H27NO8S. The lowest BCUT2D eigenvalue weighted by molar-refractivity contribution is -0.891. The summed E-state index contributed by atoms with van der Waals surface area (Å²) in [7, 11) is 0.486. The maximum absolute atomic E-state index is 9.47. The molecule has 0 fully saturated rings. The molecule has 0 rings (SSSR count). The molecule has 0 aromatic heterocycles. The standard InChI is InChI=1S/C10H24NO4.CH4O4S/c1-11(2,3-7-14-9-5-12)4-8-15-10-6-13;1-6(3,4)5-2/h12-13H,3-10H2,1-2H3;2H,1H3/q+1;/p-1. The Morgan fingerprint density at radius 2 is 1.29 bits per heavy atom. The highest BCUT2D eigenvalue weighted by Crippen LogP contribution is 1.96. The molecule has 10 heteroatoms. The van der Waals surface area contributed by atoms with E-state index >= 15 is 0 Å². The van der Waals surface area contributed by atoms with E-state index in [1.807, 2.05) is 0 Å². The highest BCUT2D eigenvalue weighted by atomic mass is 32.2. The summed E-state index contributed by atoms with van der Waals surface area (Å²) in [6.07, 6.45) is 0.681. The highest BCUT2D eigenvalue weighted by Gasteiger charge is 2.13. The van der Waals surface area contributed by atoms with Gasteiger partial charge in [0.05, 0.1) is 60.0 Å². The second-order valence-electron chi connectivity index (χ2n) is 4.83. The van der Waals surface area contributed by atoms with Crippen LogP contribution in [0.15, 0.2) is 0 Å². The predicted molar refractivity (Wildman–Crippen MR) is 73.6 cm³/mol. The molecule has 0 aliphatic rings. The zero-order valence-corrected chi connectivity index (χ0v) is 13.7. The summed E-state index contributed by atoms with van der Waals surface area (Å²) in [6, 6.07) is 0. The van der Waals surface area contributed by atoms with E-state index in [1.165, 1.54) is 0 Å². The van der Waals surface area contributed by atoms with Crippen molar-refractivity contribution in [2.75, 3.05) is 73.1 Å². The third-order valence-electron chi connectivity index (χ3n) is 2.28. The maximum Gasteiger partial charge on any atom is 0.255 e. The fourth-order valence-corrected chi connectivity index (χ4v) is 1.07. The van der Waals surface area contributed by atoms with Gasteiger partial charge in [-0.3, -0.25) is 0 Å². The molecule has 0 amide bonds. The fraction of sp³-hybridized carbons (Fsp3) is 1.00.